The van der Waals surface area contributed by atoms with Crippen LogP contribution >= 0.6 is 0 Å². The Bertz CT molecular complexity index is 6620. The Morgan fingerprint density at radius 1 is 0.105 bits per heavy atom. The molecule has 0 aliphatic carbocycles. The maximum atomic E-state index is 2.35. The second-order valence-corrected chi connectivity index (χ2v) is 29.1. The highest BCUT2D eigenvalue weighted by Crippen LogP contribution is 2.43. The Kier molecular flexibility index (Phi) is 19.2. The normalized spacial score (nSPS) is 11.2. The molecule has 0 heterocycles. The SMILES string of the molecule is c1ccc(-c2cccc(-c3ccc(N(c4ccc(-c5ccc(-c6ccc7ccccc7c6)cc5)cc4)c4ccc(-c5ccc(-c6cccc7ccccc67)cc5)cc4)cc3)c2)cc1.c1ccc(-c2cccc(-c3ccc(N(c4ccc(-c5cccc6ccccc56)cc4)c4ccc(-c5cccc6ccccc56)cc4)cc3)c2)cc1. The third-order valence-electron chi connectivity index (χ3n) is 22.2. The van der Waals surface area contributed by atoms with Gasteiger partial charge in [-0.05, 0) is 245 Å². The van der Waals surface area contributed by atoms with Crippen molar-refractivity contribution in [1.29, 1.82) is 0 Å². The summed E-state index contributed by atoms with van der Waals surface area (Å²) in [5.41, 5.74) is 30.8. The fourth-order valence-corrected chi connectivity index (χ4v) is 16.2. The zero-order valence-electron chi connectivity index (χ0n) is 62.9. The van der Waals surface area contributed by atoms with Crippen LogP contribution < -0.4 is 9.80 Å². The average molecular weight is 1450 g/mol. The van der Waals surface area contributed by atoms with Crippen LogP contribution in [0.5, 0.6) is 0 Å². The molecule has 0 spiro atoms. The second kappa shape index (κ2) is 31.6. The van der Waals surface area contributed by atoms with Crippen LogP contribution in [-0.4, -0.2) is 0 Å². The summed E-state index contributed by atoms with van der Waals surface area (Å²) >= 11 is 0. The summed E-state index contributed by atoms with van der Waals surface area (Å²) in [5.74, 6) is 0. The lowest BCUT2D eigenvalue weighted by Gasteiger charge is -2.26. The van der Waals surface area contributed by atoms with Crippen LogP contribution in [-0.2, 0) is 0 Å². The number of hydrogen-bond donors (Lipinski definition) is 0. The van der Waals surface area contributed by atoms with E-state index in [4.69, 9.17) is 0 Å². The van der Waals surface area contributed by atoms with E-state index in [1.54, 1.807) is 0 Å². The minimum Gasteiger partial charge on any atom is -0.311 e. The number of anilines is 6. The molecule has 20 rings (SSSR count). The molecule has 0 aliphatic heterocycles. The van der Waals surface area contributed by atoms with Gasteiger partial charge in [0, 0.05) is 34.1 Å². The van der Waals surface area contributed by atoms with E-state index in [0.717, 1.165) is 34.1 Å². The highest BCUT2D eigenvalue weighted by atomic mass is 15.1. The van der Waals surface area contributed by atoms with Crippen molar-refractivity contribution in [3.63, 3.8) is 0 Å². The molecule has 0 radical (unpaired) electrons. The molecule has 0 aromatic heterocycles. The van der Waals surface area contributed by atoms with Gasteiger partial charge in [0.05, 0.1) is 0 Å². The third kappa shape index (κ3) is 14.5. The maximum absolute atomic E-state index is 2.35. The van der Waals surface area contributed by atoms with Crippen LogP contribution in [0.4, 0.5) is 34.1 Å². The molecule has 0 fully saturated rings. The second-order valence-electron chi connectivity index (χ2n) is 29.1. The molecule has 0 atom stereocenters. The summed E-state index contributed by atoms with van der Waals surface area (Å²) in [7, 11) is 0. The van der Waals surface area contributed by atoms with E-state index in [2.05, 4.69) is 483 Å². The third-order valence-corrected chi connectivity index (χ3v) is 22.2. The van der Waals surface area contributed by atoms with Gasteiger partial charge in [-0.2, -0.15) is 0 Å². The van der Waals surface area contributed by atoms with E-state index >= 15 is 0 Å². The molecule has 0 bridgehead atoms. The monoisotopic (exact) mass is 1450 g/mol. The summed E-state index contributed by atoms with van der Waals surface area (Å²) in [6, 6.07) is 171. The highest BCUT2D eigenvalue weighted by molar-refractivity contribution is 6.00. The molecule has 20 aromatic carbocycles. The van der Waals surface area contributed by atoms with E-state index in [1.807, 2.05) is 0 Å². The summed E-state index contributed by atoms with van der Waals surface area (Å²) in [5, 5.41) is 10.1. The Morgan fingerprint density at radius 2 is 0.298 bits per heavy atom. The fourth-order valence-electron chi connectivity index (χ4n) is 16.2. The van der Waals surface area contributed by atoms with Gasteiger partial charge in [-0.25, -0.2) is 0 Å². The van der Waals surface area contributed by atoms with Crippen molar-refractivity contribution in [2.75, 3.05) is 9.80 Å². The molecule has 0 N–H and O–H groups in total. The number of nitrogens with zero attached hydrogens (tertiary/aromatic N) is 2. The Balaban J connectivity index is 0.000000156. The number of hydrogen-bond acceptors (Lipinski definition) is 2. The minimum atomic E-state index is 1.09. The minimum absolute atomic E-state index is 1.09. The van der Waals surface area contributed by atoms with Crippen molar-refractivity contribution < 1.29 is 0 Å². The van der Waals surface area contributed by atoms with Gasteiger partial charge in [0.1, 0.15) is 0 Å². The smallest absolute Gasteiger partial charge is 0.0462 e. The molecule has 0 saturated heterocycles. The summed E-state index contributed by atoms with van der Waals surface area (Å²) in [4.78, 5) is 4.70. The van der Waals surface area contributed by atoms with Crippen LogP contribution in [0.1, 0.15) is 0 Å². The predicted octanol–water partition coefficient (Wildman–Crippen LogP) is 31.6. The first kappa shape index (κ1) is 69.5. The van der Waals surface area contributed by atoms with Crippen molar-refractivity contribution in [3.05, 3.63) is 473 Å². The average Bonchev–Trinajstić information content (AvgIpc) is 0.796. The van der Waals surface area contributed by atoms with Gasteiger partial charge in [-0.3, -0.25) is 0 Å². The molecule has 0 saturated carbocycles. The standard InChI is InChI=1S/C62H43N.C50H35N/c1-2-10-44(11-3-1)55-16-8-17-56(42-55)51-34-40-60(41-35-51)63(58-36-30-48(31-37-58)46-20-22-50(23-21-46)57-29-26-45-12-4-5-14-54(45)43-57)59-38-32-49(33-39-59)47-24-27-53(28-25-47)62-19-9-15-52-13-6-7-18-61(52)62;1-2-11-36(12-3-1)42-17-8-18-43(35-42)37-23-29-44(30-24-37)51(45-31-25-40(26-32-45)49-21-9-15-38-13-4-6-19-47(38)49)46-33-27-41(28-34-46)50-22-10-16-39-14-5-7-20-48(39)50/h1-43H;1-35H. The molecule has 2 heteroatoms. The lowest BCUT2D eigenvalue weighted by molar-refractivity contribution is 1.28. The molecule has 536 valence electrons. The van der Waals surface area contributed by atoms with E-state index in [1.165, 1.54) is 154 Å². The number of rotatable bonds is 16. The van der Waals surface area contributed by atoms with Crippen LogP contribution in [0.15, 0.2) is 473 Å². The van der Waals surface area contributed by atoms with Crippen molar-refractivity contribution in [3.8, 4) is 111 Å². The molecular formula is C112H78N2. The summed E-state index contributed by atoms with van der Waals surface area (Å²) in [6.07, 6.45) is 0. The molecule has 2 nitrogen and oxygen atoms in total. The summed E-state index contributed by atoms with van der Waals surface area (Å²) in [6.45, 7) is 0. The van der Waals surface area contributed by atoms with Gasteiger partial charge < -0.3 is 9.80 Å². The molecule has 0 aliphatic rings. The van der Waals surface area contributed by atoms with Gasteiger partial charge in [0.15, 0.2) is 0 Å². The molecular weight excluding hydrogens is 1370 g/mol. The van der Waals surface area contributed by atoms with Gasteiger partial charge in [0.2, 0.25) is 0 Å². The highest BCUT2D eigenvalue weighted by Gasteiger charge is 2.19. The van der Waals surface area contributed by atoms with E-state index in [9.17, 15) is 0 Å². The lowest BCUT2D eigenvalue weighted by atomic mass is 9.96. The van der Waals surface area contributed by atoms with Gasteiger partial charge in [0.25, 0.3) is 0 Å². The Labute approximate surface area is 667 Å². The molecule has 114 heavy (non-hydrogen) atoms. The van der Waals surface area contributed by atoms with Gasteiger partial charge in [-0.1, -0.05) is 382 Å². The van der Waals surface area contributed by atoms with E-state index in [0.29, 0.717) is 0 Å². The van der Waals surface area contributed by atoms with Crippen LogP contribution in [0.3, 0.4) is 0 Å². The van der Waals surface area contributed by atoms with E-state index in [-0.39, 0.29) is 0 Å². The van der Waals surface area contributed by atoms with E-state index < -0.39 is 0 Å². The largest absolute Gasteiger partial charge is 0.311 e. The first-order valence-corrected chi connectivity index (χ1v) is 39.2. The first-order valence-electron chi connectivity index (χ1n) is 39.2. The molecule has 20 aromatic rings. The van der Waals surface area contributed by atoms with Crippen LogP contribution in [0, 0.1) is 0 Å². The Morgan fingerprint density at radius 3 is 0.614 bits per heavy atom. The summed E-state index contributed by atoms with van der Waals surface area (Å²) < 4.78 is 0. The van der Waals surface area contributed by atoms with Gasteiger partial charge in [-0.15, -0.1) is 0 Å². The quantitative estimate of drug-likeness (QED) is 0.0951. The fraction of sp³-hybridized carbons (Fsp3) is 0. The zero-order valence-corrected chi connectivity index (χ0v) is 62.9. The van der Waals surface area contributed by atoms with Crippen LogP contribution in [0.2, 0.25) is 0 Å². The Hall–Kier alpha value is -15.0. The predicted molar refractivity (Wildman–Crippen MR) is 487 cm³/mol. The van der Waals surface area contributed by atoms with Crippen molar-refractivity contribution in [2.45, 2.75) is 0 Å². The maximum Gasteiger partial charge on any atom is 0.0462 e. The number of benzene rings is 20. The van der Waals surface area contributed by atoms with Gasteiger partial charge >= 0.3 is 0 Å². The molecule has 0 unspecified atom stereocenters. The zero-order chi connectivity index (χ0) is 75.9. The first-order chi connectivity index (χ1) is 56.5. The topological polar surface area (TPSA) is 6.48 Å². The van der Waals surface area contributed by atoms with Crippen molar-refractivity contribution >= 4 is 77.2 Å². The lowest BCUT2D eigenvalue weighted by Crippen LogP contribution is -2.09. The van der Waals surface area contributed by atoms with Crippen LogP contribution in [0.25, 0.3) is 154 Å². The number of fused-ring (bicyclic) bond motifs is 4. The van der Waals surface area contributed by atoms with Crippen molar-refractivity contribution in [2.24, 2.45) is 0 Å². The van der Waals surface area contributed by atoms with Crippen molar-refractivity contribution in [1.82, 2.24) is 0 Å². The molecule has 0 amide bonds.